The van der Waals surface area contributed by atoms with Crippen molar-refractivity contribution in [2.24, 2.45) is 11.7 Å². The molecule has 1 fully saturated rings. The van der Waals surface area contributed by atoms with Gasteiger partial charge in [0.25, 0.3) is 0 Å². The van der Waals surface area contributed by atoms with Crippen LogP contribution in [0.25, 0.3) is 0 Å². The molecule has 0 radical (unpaired) electrons. The highest BCUT2D eigenvalue weighted by Crippen LogP contribution is 2.37. The molecule has 2 rings (SSSR count). The van der Waals surface area contributed by atoms with E-state index >= 15 is 0 Å². The van der Waals surface area contributed by atoms with Gasteiger partial charge in [0.2, 0.25) is 0 Å². The van der Waals surface area contributed by atoms with Crippen LogP contribution in [0.1, 0.15) is 12.5 Å². The number of nitrogens with two attached hydrogens (primary N) is 1. The highest BCUT2D eigenvalue weighted by molar-refractivity contribution is 5.28. The lowest BCUT2D eigenvalue weighted by molar-refractivity contribution is 0.0861. The number of ether oxygens (including phenoxy) is 1. The van der Waals surface area contributed by atoms with Crippen molar-refractivity contribution in [3.05, 3.63) is 35.6 Å². The Bertz CT molecular complexity index is 385. The summed E-state index contributed by atoms with van der Waals surface area (Å²) in [5.74, 6) is -0.620. The Balaban J connectivity index is 2.42. The fourth-order valence-electron chi connectivity index (χ4n) is 2.34. The molecule has 3 unspecified atom stereocenters. The molecule has 0 spiro atoms. The van der Waals surface area contributed by atoms with Crippen LogP contribution >= 0.6 is 0 Å². The van der Waals surface area contributed by atoms with Gasteiger partial charge in [-0.3, -0.25) is 0 Å². The molecule has 1 aliphatic rings. The summed E-state index contributed by atoms with van der Waals surface area (Å²) in [6.07, 6.45) is -0.158. The van der Waals surface area contributed by atoms with Crippen molar-refractivity contribution < 1.29 is 14.2 Å². The number of rotatable bonds is 2. The summed E-state index contributed by atoms with van der Waals surface area (Å²) in [6.45, 7) is 1.97. The van der Waals surface area contributed by atoms with E-state index in [2.05, 4.69) is 0 Å². The van der Waals surface area contributed by atoms with E-state index in [1.807, 2.05) is 6.92 Å². The molecule has 1 aromatic rings. The van der Waals surface area contributed by atoms with Gasteiger partial charge in [0.15, 0.2) is 0 Å². The fourth-order valence-corrected chi connectivity index (χ4v) is 2.34. The molecule has 16 heavy (non-hydrogen) atoms. The first kappa shape index (κ1) is 11.5. The Morgan fingerprint density at radius 3 is 2.88 bits per heavy atom. The Labute approximate surface area is 94.0 Å². The first-order valence-corrected chi connectivity index (χ1v) is 5.36. The second-order valence-corrected chi connectivity index (χ2v) is 4.33. The van der Waals surface area contributed by atoms with E-state index in [0.29, 0.717) is 5.56 Å². The minimum atomic E-state index is -0.931. The molecule has 0 bridgehead atoms. The van der Waals surface area contributed by atoms with Crippen LogP contribution in [-0.4, -0.2) is 24.4 Å². The number of benzene rings is 1. The molecular weight excluding hydrogens is 209 g/mol. The second kappa shape index (κ2) is 4.13. The Morgan fingerprint density at radius 1 is 1.56 bits per heavy atom. The Hall–Kier alpha value is -0.970. The standard InChI is InChI=1S/C12H16FNO2/c1-8-10(6-15)12(14,7-16-8)9-4-2-3-5-11(9)13/h2-5,8,10,15H,6-7,14H2,1H3. The average molecular weight is 225 g/mol. The van der Waals surface area contributed by atoms with E-state index in [4.69, 9.17) is 10.5 Å². The summed E-state index contributed by atoms with van der Waals surface area (Å²) in [5, 5.41) is 9.34. The molecule has 0 aliphatic carbocycles. The number of hydrogen-bond donors (Lipinski definition) is 2. The van der Waals surface area contributed by atoms with E-state index < -0.39 is 5.54 Å². The number of aliphatic hydroxyl groups excluding tert-OH is 1. The third kappa shape index (κ3) is 1.63. The minimum Gasteiger partial charge on any atom is -0.396 e. The van der Waals surface area contributed by atoms with Crippen molar-refractivity contribution in [1.82, 2.24) is 0 Å². The molecular formula is C12H16FNO2. The molecule has 1 aliphatic heterocycles. The molecule has 88 valence electrons. The third-order valence-electron chi connectivity index (χ3n) is 3.39. The molecule has 3 atom stereocenters. The Morgan fingerprint density at radius 2 is 2.25 bits per heavy atom. The molecule has 3 N–H and O–H groups in total. The summed E-state index contributed by atoms with van der Waals surface area (Å²) < 4.78 is 19.1. The molecule has 1 saturated heterocycles. The van der Waals surface area contributed by atoms with Crippen molar-refractivity contribution in [3.8, 4) is 0 Å². The van der Waals surface area contributed by atoms with E-state index in [1.54, 1.807) is 18.2 Å². The molecule has 0 saturated carbocycles. The van der Waals surface area contributed by atoms with Crippen LogP contribution in [0.5, 0.6) is 0 Å². The zero-order valence-electron chi connectivity index (χ0n) is 9.19. The summed E-state index contributed by atoms with van der Waals surface area (Å²) in [4.78, 5) is 0. The largest absolute Gasteiger partial charge is 0.396 e. The maximum Gasteiger partial charge on any atom is 0.128 e. The topological polar surface area (TPSA) is 55.5 Å². The Kier molecular flexibility index (Phi) is 2.97. The lowest BCUT2D eigenvalue weighted by Gasteiger charge is -2.30. The van der Waals surface area contributed by atoms with Crippen LogP contribution in [-0.2, 0) is 10.3 Å². The van der Waals surface area contributed by atoms with Crippen LogP contribution in [0.3, 0.4) is 0 Å². The minimum absolute atomic E-state index is 0.105. The second-order valence-electron chi connectivity index (χ2n) is 4.33. The molecule has 1 heterocycles. The van der Waals surface area contributed by atoms with Gasteiger partial charge in [0.05, 0.1) is 24.9 Å². The predicted octanol–water partition coefficient (Wildman–Crippen LogP) is 1.01. The van der Waals surface area contributed by atoms with Gasteiger partial charge in [-0.05, 0) is 13.0 Å². The first-order chi connectivity index (χ1) is 7.59. The zero-order chi connectivity index (χ0) is 11.8. The smallest absolute Gasteiger partial charge is 0.128 e. The van der Waals surface area contributed by atoms with E-state index in [0.717, 1.165) is 0 Å². The van der Waals surface area contributed by atoms with Gasteiger partial charge in [-0.15, -0.1) is 0 Å². The number of hydrogen-bond acceptors (Lipinski definition) is 3. The molecule has 3 nitrogen and oxygen atoms in total. The number of aliphatic hydroxyl groups is 1. The van der Waals surface area contributed by atoms with Gasteiger partial charge in [-0.25, -0.2) is 4.39 Å². The lowest BCUT2D eigenvalue weighted by Crippen LogP contribution is -2.47. The lowest BCUT2D eigenvalue weighted by atomic mass is 9.79. The molecule has 0 aromatic heterocycles. The van der Waals surface area contributed by atoms with Gasteiger partial charge in [0, 0.05) is 11.5 Å². The third-order valence-corrected chi connectivity index (χ3v) is 3.39. The molecule has 4 heteroatoms. The monoisotopic (exact) mass is 225 g/mol. The number of halogens is 1. The molecule has 0 amide bonds. The van der Waals surface area contributed by atoms with Crippen molar-refractivity contribution in [3.63, 3.8) is 0 Å². The zero-order valence-corrected chi connectivity index (χ0v) is 9.19. The van der Waals surface area contributed by atoms with E-state index in [9.17, 15) is 9.50 Å². The SMILES string of the molecule is CC1OCC(N)(c2ccccc2F)C1CO. The highest BCUT2D eigenvalue weighted by Gasteiger charge is 2.47. The summed E-state index contributed by atoms with van der Waals surface area (Å²) in [6, 6.07) is 6.39. The maximum atomic E-state index is 13.7. The van der Waals surface area contributed by atoms with E-state index in [-0.39, 0.29) is 31.1 Å². The van der Waals surface area contributed by atoms with E-state index in [1.165, 1.54) is 6.07 Å². The van der Waals surface area contributed by atoms with Crippen LogP contribution in [0.2, 0.25) is 0 Å². The summed E-state index contributed by atoms with van der Waals surface area (Å²) in [7, 11) is 0. The van der Waals surface area contributed by atoms with Crippen molar-refractivity contribution in [1.29, 1.82) is 0 Å². The summed E-state index contributed by atoms with van der Waals surface area (Å²) >= 11 is 0. The average Bonchev–Trinajstić information content (AvgIpc) is 2.56. The van der Waals surface area contributed by atoms with Gasteiger partial charge in [-0.1, -0.05) is 18.2 Å². The van der Waals surface area contributed by atoms with Crippen LogP contribution in [0.4, 0.5) is 4.39 Å². The van der Waals surface area contributed by atoms with Gasteiger partial charge < -0.3 is 15.6 Å². The van der Waals surface area contributed by atoms with Crippen LogP contribution in [0, 0.1) is 11.7 Å². The molecule has 1 aromatic carbocycles. The van der Waals surface area contributed by atoms with Crippen LogP contribution < -0.4 is 5.73 Å². The maximum absolute atomic E-state index is 13.7. The summed E-state index contributed by atoms with van der Waals surface area (Å²) in [5.41, 5.74) is 5.69. The highest BCUT2D eigenvalue weighted by atomic mass is 19.1. The van der Waals surface area contributed by atoms with Gasteiger partial charge in [-0.2, -0.15) is 0 Å². The quantitative estimate of drug-likeness (QED) is 0.789. The first-order valence-electron chi connectivity index (χ1n) is 5.36. The normalized spacial score (nSPS) is 34.2. The van der Waals surface area contributed by atoms with Crippen LogP contribution in [0.15, 0.2) is 24.3 Å². The fraction of sp³-hybridized carbons (Fsp3) is 0.500. The van der Waals surface area contributed by atoms with Crippen molar-refractivity contribution in [2.75, 3.05) is 13.2 Å². The predicted molar refractivity (Wildman–Crippen MR) is 58.3 cm³/mol. The van der Waals surface area contributed by atoms with Gasteiger partial charge >= 0.3 is 0 Å². The van der Waals surface area contributed by atoms with Crippen molar-refractivity contribution in [2.45, 2.75) is 18.6 Å². The van der Waals surface area contributed by atoms with Gasteiger partial charge in [0.1, 0.15) is 5.82 Å². The van der Waals surface area contributed by atoms with Crippen molar-refractivity contribution >= 4 is 0 Å².